The van der Waals surface area contributed by atoms with Crippen LogP contribution in [-0.2, 0) is 0 Å². The van der Waals surface area contributed by atoms with Crippen molar-refractivity contribution >= 4 is 21.6 Å². The summed E-state index contributed by atoms with van der Waals surface area (Å²) >= 11 is 3.38. The SMILES string of the molecule is OCC(Nc1ccc(Br)cc1)c1ccc(O)cc1. The minimum Gasteiger partial charge on any atom is -0.508 e. The quantitative estimate of drug-likeness (QED) is 0.812. The minimum absolute atomic E-state index is 0.0131. The summed E-state index contributed by atoms with van der Waals surface area (Å²) in [7, 11) is 0. The fourth-order valence-electron chi connectivity index (χ4n) is 1.69. The molecule has 0 aliphatic rings. The second kappa shape index (κ2) is 5.89. The highest BCUT2D eigenvalue weighted by Gasteiger charge is 2.09. The average Bonchev–Trinajstić information content (AvgIpc) is 2.39. The summed E-state index contributed by atoms with van der Waals surface area (Å²) in [4.78, 5) is 0. The molecule has 0 saturated heterocycles. The molecule has 0 radical (unpaired) electrons. The number of anilines is 1. The summed E-state index contributed by atoms with van der Waals surface area (Å²) in [6, 6.07) is 14.4. The van der Waals surface area contributed by atoms with Gasteiger partial charge in [-0.1, -0.05) is 28.1 Å². The van der Waals surface area contributed by atoms with Gasteiger partial charge in [0.1, 0.15) is 5.75 Å². The van der Waals surface area contributed by atoms with Crippen LogP contribution in [0.5, 0.6) is 5.75 Å². The Bertz CT molecular complexity index is 496. The molecule has 1 unspecified atom stereocenters. The molecule has 1 atom stereocenters. The molecule has 0 amide bonds. The van der Waals surface area contributed by atoms with E-state index in [1.54, 1.807) is 24.3 Å². The molecule has 2 rings (SSSR count). The number of aliphatic hydroxyl groups excluding tert-OH is 1. The molecule has 94 valence electrons. The van der Waals surface area contributed by atoms with Crippen LogP contribution in [0.25, 0.3) is 0 Å². The minimum atomic E-state index is -0.188. The maximum atomic E-state index is 9.43. The molecule has 18 heavy (non-hydrogen) atoms. The van der Waals surface area contributed by atoms with E-state index in [0.29, 0.717) is 0 Å². The van der Waals surface area contributed by atoms with Gasteiger partial charge < -0.3 is 15.5 Å². The molecule has 0 aliphatic carbocycles. The number of phenols is 1. The van der Waals surface area contributed by atoms with Gasteiger partial charge in [-0.15, -0.1) is 0 Å². The van der Waals surface area contributed by atoms with E-state index in [9.17, 15) is 10.2 Å². The Morgan fingerprint density at radius 3 is 2.17 bits per heavy atom. The van der Waals surface area contributed by atoms with Gasteiger partial charge in [-0.25, -0.2) is 0 Å². The highest BCUT2D eigenvalue weighted by Crippen LogP contribution is 2.22. The maximum Gasteiger partial charge on any atom is 0.115 e. The smallest absolute Gasteiger partial charge is 0.115 e. The van der Waals surface area contributed by atoms with Crippen LogP contribution in [0.2, 0.25) is 0 Å². The van der Waals surface area contributed by atoms with Crippen molar-refractivity contribution in [2.24, 2.45) is 0 Å². The second-order valence-corrected chi connectivity index (χ2v) is 4.89. The summed E-state index contributed by atoms with van der Waals surface area (Å²) in [5.74, 6) is 0.221. The Hall–Kier alpha value is -1.52. The number of halogens is 1. The molecule has 2 aromatic carbocycles. The summed E-state index contributed by atoms with van der Waals surface area (Å²) in [5, 5.41) is 21.9. The average molecular weight is 308 g/mol. The van der Waals surface area contributed by atoms with E-state index < -0.39 is 0 Å². The molecule has 4 heteroatoms. The Morgan fingerprint density at radius 1 is 1.00 bits per heavy atom. The highest BCUT2D eigenvalue weighted by molar-refractivity contribution is 9.10. The lowest BCUT2D eigenvalue weighted by Gasteiger charge is -2.18. The molecule has 0 spiro atoms. The lowest BCUT2D eigenvalue weighted by molar-refractivity contribution is 0.276. The van der Waals surface area contributed by atoms with Gasteiger partial charge in [-0.2, -0.15) is 0 Å². The topological polar surface area (TPSA) is 52.5 Å². The predicted octanol–water partition coefficient (Wildman–Crippen LogP) is 3.30. The third-order valence-corrected chi connectivity index (χ3v) is 3.19. The van der Waals surface area contributed by atoms with E-state index in [1.165, 1.54) is 0 Å². The van der Waals surface area contributed by atoms with Gasteiger partial charge in [0, 0.05) is 10.2 Å². The molecule has 0 heterocycles. The van der Waals surface area contributed by atoms with E-state index in [0.717, 1.165) is 15.7 Å². The lowest BCUT2D eigenvalue weighted by atomic mass is 10.1. The van der Waals surface area contributed by atoms with Gasteiger partial charge in [-0.3, -0.25) is 0 Å². The second-order valence-electron chi connectivity index (χ2n) is 3.98. The van der Waals surface area contributed by atoms with Crippen molar-refractivity contribution < 1.29 is 10.2 Å². The van der Waals surface area contributed by atoms with Crippen LogP contribution in [0.1, 0.15) is 11.6 Å². The van der Waals surface area contributed by atoms with E-state index in [1.807, 2.05) is 24.3 Å². The zero-order valence-electron chi connectivity index (χ0n) is 9.68. The van der Waals surface area contributed by atoms with Crippen LogP contribution in [0, 0.1) is 0 Å². The van der Waals surface area contributed by atoms with Gasteiger partial charge in [0.15, 0.2) is 0 Å². The van der Waals surface area contributed by atoms with E-state index in [4.69, 9.17) is 0 Å². The number of nitrogens with one attached hydrogen (secondary N) is 1. The van der Waals surface area contributed by atoms with Gasteiger partial charge >= 0.3 is 0 Å². The predicted molar refractivity (Wildman–Crippen MR) is 75.7 cm³/mol. The largest absolute Gasteiger partial charge is 0.508 e. The van der Waals surface area contributed by atoms with E-state index in [-0.39, 0.29) is 18.4 Å². The zero-order chi connectivity index (χ0) is 13.0. The summed E-state index contributed by atoms with van der Waals surface area (Å²) < 4.78 is 1.01. The fraction of sp³-hybridized carbons (Fsp3) is 0.143. The van der Waals surface area contributed by atoms with Crippen LogP contribution in [0.3, 0.4) is 0 Å². The number of benzene rings is 2. The summed E-state index contributed by atoms with van der Waals surface area (Å²) in [6.07, 6.45) is 0. The van der Waals surface area contributed by atoms with Crippen molar-refractivity contribution in [1.29, 1.82) is 0 Å². The van der Waals surface area contributed by atoms with Gasteiger partial charge in [0.2, 0.25) is 0 Å². The van der Waals surface area contributed by atoms with Crippen LogP contribution in [0.4, 0.5) is 5.69 Å². The number of aliphatic hydroxyl groups is 1. The third-order valence-electron chi connectivity index (χ3n) is 2.66. The Labute approximate surface area is 114 Å². The Balaban J connectivity index is 2.14. The molecule has 3 nitrogen and oxygen atoms in total. The summed E-state index contributed by atoms with van der Waals surface area (Å²) in [5.41, 5.74) is 1.86. The number of phenolic OH excluding ortho intramolecular Hbond substituents is 1. The van der Waals surface area contributed by atoms with Crippen LogP contribution in [-0.4, -0.2) is 16.8 Å². The number of aromatic hydroxyl groups is 1. The normalized spacial score (nSPS) is 12.1. The first-order valence-electron chi connectivity index (χ1n) is 5.61. The maximum absolute atomic E-state index is 9.43. The van der Waals surface area contributed by atoms with E-state index >= 15 is 0 Å². The molecule has 2 aromatic rings. The molecule has 0 saturated carbocycles. The first-order chi connectivity index (χ1) is 8.69. The molecule has 0 fully saturated rings. The molecule has 0 aromatic heterocycles. The fourth-order valence-corrected chi connectivity index (χ4v) is 1.95. The molecular formula is C14H14BrNO2. The third kappa shape index (κ3) is 3.24. The van der Waals surface area contributed by atoms with E-state index in [2.05, 4.69) is 21.2 Å². The van der Waals surface area contributed by atoms with Crippen LogP contribution >= 0.6 is 15.9 Å². The number of hydrogen-bond donors (Lipinski definition) is 3. The lowest BCUT2D eigenvalue weighted by Crippen LogP contribution is -2.14. The zero-order valence-corrected chi connectivity index (χ0v) is 11.3. The highest BCUT2D eigenvalue weighted by atomic mass is 79.9. The Morgan fingerprint density at radius 2 is 1.61 bits per heavy atom. The van der Waals surface area contributed by atoms with Crippen molar-refractivity contribution in [1.82, 2.24) is 0 Å². The van der Waals surface area contributed by atoms with Crippen molar-refractivity contribution in [2.75, 3.05) is 11.9 Å². The van der Waals surface area contributed by atoms with Gasteiger partial charge in [0.05, 0.1) is 12.6 Å². The molecular weight excluding hydrogens is 294 g/mol. The van der Waals surface area contributed by atoms with Crippen molar-refractivity contribution in [2.45, 2.75) is 6.04 Å². The van der Waals surface area contributed by atoms with Crippen LogP contribution < -0.4 is 5.32 Å². The standard InChI is InChI=1S/C14H14BrNO2/c15-11-3-5-12(6-4-11)16-14(9-17)10-1-7-13(18)8-2-10/h1-8,14,16-18H,9H2. The first kappa shape index (κ1) is 12.9. The van der Waals surface area contributed by atoms with Gasteiger partial charge in [0.25, 0.3) is 0 Å². The van der Waals surface area contributed by atoms with Crippen molar-refractivity contribution in [3.8, 4) is 5.75 Å². The number of hydrogen-bond acceptors (Lipinski definition) is 3. The van der Waals surface area contributed by atoms with Crippen LogP contribution in [0.15, 0.2) is 53.0 Å². The van der Waals surface area contributed by atoms with Crippen molar-refractivity contribution in [3.05, 3.63) is 58.6 Å². The Kier molecular flexibility index (Phi) is 4.23. The number of rotatable bonds is 4. The first-order valence-corrected chi connectivity index (χ1v) is 6.40. The van der Waals surface area contributed by atoms with Crippen molar-refractivity contribution in [3.63, 3.8) is 0 Å². The molecule has 0 aliphatic heterocycles. The molecule has 0 bridgehead atoms. The monoisotopic (exact) mass is 307 g/mol. The summed E-state index contributed by atoms with van der Waals surface area (Å²) in [6.45, 7) is -0.0131. The molecule has 3 N–H and O–H groups in total. The van der Waals surface area contributed by atoms with Gasteiger partial charge in [-0.05, 0) is 42.0 Å².